The molecule has 20 heavy (non-hydrogen) atoms. The van der Waals surface area contributed by atoms with Crippen LogP contribution < -0.4 is 15.8 Å². The summed E-state index contributed by atoms with van der Waals surface area (Å²) in [6.07, 6.45) is 0.549. The van der Waals surface area contributed by atoms with Crippen molar-refractivity contribution >= 4 is 21.4 Å². The Hall–Kier alpha value is -1.60. The normalized spacial score (nSPS) is 12.8. The lowest BCUT2D eigenvalue weighted by Crippen LogP contribution is -2.33. The van der Waals surface area contributed by atoms with Crippen LogP contribution in [0.3, 0.4) is 0 Å². The Labute approximate surface area is 119 Å². The molecule has 0 aliphatic rings. The molecule has 6 nitrogen and oxygen atoms in total. The summed E-state index contributed by atoms with van der Waals surface area (Å²) in [7, 11) is -2.04. The molecule has 0 heterocycles. The number of carbonyl (C=O) groups is 1. The van der Waals surface area contributed by atoms with Crippen molar-refractivity contribution in [2.75, 3.05) is 23.9 Å². The van der Waals surface area contributed by atoms with Gasteiger partial charge < -0.3 is 15.8 Å². The second-order valence-electron chi connectivity index (χ2n) is 4.47. The van der Waals surface area contributed by atoms with Crippen molar-refractivity contribution in [2.45, 2.75) is 19.4 Å². The third-order valence-electron chi connectivity index (χ3n) is 2.72. The summed E-state index contributed by atoms with van der Waals surface area (Å²) in [6.45, 7) is 1.80. The first-order valence-electron chi connectivity index (χ1n) is 6.27. The molecule has 112 valence electrons. The molecule has 1 amide bonds. The Bertz CT molecular complexity index is 557. The average molecular weight is 300 g/mol. The number of rotatable bonds is 7. The predicted molar refractivity (Wildman–Crippen MR) is 78.5 cm³/mol. The zero-order valence-electron chi connectivity index (χ0n) is 11.6. The number of methoxy groups -OCH3 is 1. The molecular formula is C13H20N2O4S. The lowest BCUT2D eigenvalue weighted by atomic mass is 10.3. The number of amides is 1. The first-order chi connectivity index (χ1) is 9.38. The molecule has 3 N–H and O–H groups in total. The predicted octanol–water partition coefficient (Wildman–Crippen LogP) is 0.786. The van der Waals surface area contributed by atoms with Gasteiger partial charge >= 0.3 is 0 Å². The second-order valence-corrected chi connectivity index (χ2v) is 6.58. The minimum Gasteiger partial charge on any atom is -0.495 e. The molecule has 1 atom stereocenters. The average Bonchev–Trinajstić information content (AvgIpc) is 2.37. The molecule has 0 aliphatic carbocycles. The number of nitrogens with two attached hydrogens (primary N) is 1. The van der Waals surface area contributed by atoms with Crippen molar-refractivity contribution in [3.8, 4) is 5.75 Å². The molecular weight excluding hydrogens is 280 g/mol. The van der Waals surface area contributed by atoms with Gasteiger partial charge in [-0.2, -0.15) is 0 Å². The number of hydrogen-bond donors (Lipinski definition) is 2. The van der Waals surface area contributed by atoms with Gasteiger partial charge in [0.05, 0.1) is 18.6 Å². The van der Waals surface area contributed by atoms with Crippen molar-refractivity contribution in [1.29, 1.82) is 0 Å². The van der Waals surface area contributed by atoms with Gasteiger partial charge in [-0.05, 0) is 18.6 Å². The number of sulfone groups is 1. The van der Waals surface area contributed by atoms with Gasteiger partial charge in [0.1, 0.15) is 11.5 Å². The van der Waals surface area contributed by atoms with E-state index < -0.39 is 27.5 Å². The van der Waals surface area contributed by atoms with E-state index in [-0.39, 0.29) is 5.75 Å². The van der Waals surface area contributed by atoms with Crippen LogP contribution in [0, 0.1) is 0 Å². The van der Waals surface area contributed by atoms with E-state index in [4.69, 9.17) is 10.5 Å². The molecule has 7 heteroatoms. The number of benzene rings is 1. The van der Waals surface area contributed by atoms with Crippen molar-refractivity contribution in [3.63, 3.8) is 0 Å². The SMILES string of the molecule is CCC(N)CS(=O)(=O)CC(=O)Nc1ccccc1OC. The number of para-hydroxylation sites is 2. The summed E-state index contributed by atoms with van der Waals surface area (Å²) >= 11 is 0. The van der Waals surface area contributed by atoms with E-state index in [1.807, 2.05) is 0 Å². The van der Waals surface area contributed by atoms with Crippen LogP contribution >= 0.6 is 0 Å². The van der Waals surface area contributed by atoms with E-state index in [0.717, 1.165) is 0 Å². The zero-order chi connectivity index (χ0) is 15.2. The number of carbonyl (C=O) groups excluding carboxylic acids is 1. The minimum absolute atomic E-state index is 0.192. The van der Waals surface area contributed by atoms with Crippen LogP contribution in [0.1, 0.15) is 13.3 Å². The fraction of sp³-hybridized carbons (Fsp3) is 0.462. The second kappa shape index (κ2) is 7.25. The molecule has 0 aromatic heterocycles. The zero-order valence-corrected chi connectivity index (χ0v) is 12.4. The van der Waals surface area contributed by atoms with Gasteiger partial charge in [0.2, 0.25) is 5.91 Å². The first kappa shape index (κ1) is 16.5. The van der Waals surface area contributed by atoms with Crippen LogP contribution in [0.25, 0.3) is 0 Å². The lowest BCUT2D eigenvalue weighted by molar-refractivity contribution is -0.113. The van der Waals surface area contributed by atoms with Gasteiger partial charge in [0.25, 0.3) is 0 Å². The summed E-state index contributed by atoms with van der Waals surface area (Å²) < 4.78 is 28.6. The quantitative estimate of drug-likeness (QED) is 0.775. The van der Waals surface area contributed by atoms with Crippen LogP contribution in [-0.4, -0.2) is 39.0 Å². The Balaban J connectivity index is 2.68. The molecule has 0 fully saturated rings. The van der Waals surface area contributed by atoms with E-state index >= 15 is 0 Å². The summed E-state index contributed by atoms with van der Waals surface area (Å²) in [6, 6.07) is 6.35. The van der Waals surface area contributed by atoms with Gasteiger partial charge in [0.15, 0.2) is 9.84 Å². The van der Waals surface area contributed by atoms with Gasteiger partial charge in [-0.25, -0.2) is 8.42 Å². The topological polar surface area (TPSA) is 98.5 Å². The molecule has 0 aliphatic heterocycles. The highest BCUT2D eigenvalue weighted by Gasteiger charge is 2.20. The van der Waals surface area contributed by atoms with Crippen LogP contribution in [0.5, 0.6) is 5.75 Å². The van der Waals surface area contributed by atoms with Crippen LogP contribution in [0.2, 0.25) is 0 Å². The van der Waals surface area contributed by atoms with Crippen molar-refractivity contribution in [2.24, 2.45) is 5.73 Å². The smallest absolute Gasteiger partial charge is 0.239 e. The minimum atomic E-state index is -3.51. The Morgan fingerprint density at radius 1 is 1.40 bits per heavy atom. The van der Waals surface area contributed by atoms with Crippen molar-refractivity contribution in [1.82, 2.24) is 0 Å². The maximum absolute atomic E-state index is 11.8. The molecule has 1 unspecified atom stereocenters. The van der Waals surface area contributed by atoms with Crippen molar-refractivity contribution in [3.05, 3.63) is 24.3 Å². The van der Waals surface area contributed by atoms with Gasteiger partial charge in [-0.3, -0.25) is 4.79 Å². The Morgan fingerprint density at radius 3 is 2.65 bits per heavy atom. The van der Waals surface area contributed by atoms with Gasteiger partial charge in [0, 0.05) is 6.04 Å². The monoisotopic (exact) mass is 300 g/mol. The molecule has 0 radical (unpaired) electrons. The third-order valence-corrected chi connectivity index (χ3v) is 4.36. The maximum Gasteiger partial charge on any atom is 0.239 e. The molecule has 1 aromatic rings. The summed E-state index contributed by atoms with van der Waals surface area (Å²) in [4.78, 5) is 11.8. The standard InChI is InChI=1S/C13H20N2O4S/c1-3-10(14)8-20(17,18)9-13(16)15-11-6-4-5-7-12(11)19-2/h4-7,10H,3,8-9,14H2,1-2H3,(H,15,16). The molecule has 0 spiro atoms. The Kier molecular flexibility index (Phi) is 5.97. The van der Waals surface area contributed by atoms with Gasteiger partial charge in [-0.15, -0.1) is 0 Å². The number of nitrogens with one attached hydrogen (secondary N) is 1. The largest absolute Gasteiger partial charge is 0.495 e. The summed E-state index contributed by atoms with van der Waals surface area (Å²) in [5, 5.41) is 2.52. The highest BCUT2D eigenvalue weighted by Crippen LogP contribution is 2.22. The van der Waals surface area contributed by atoms with Crippen LogP contribution in [0.15, 0.2) is 24.3 Å². The van der Waals surface area contributed by atoms with Crippen LogP contribution in [-0.2, 0) is 14.6 Å². The van der Waals surface area contributed by atoms with E-state index in [9.17, 15) is 13.2 Å². The maximum atomic E-state index is 11.8. The fourth-order valence-corrected chi connectivity index (χ4v) is 3.11. The van der Waals surface area contributed by atoms with Crippen molar-refractivity contribution < 1.29 is 17.9 Å². The number of hydrogen-bond acceptors (Lipinski definition) is 5. The van der Waals surface area contributed by atoms with E-state index in [1.54, 1.807) is 31.2 Å². The molecule has 0 saturated heterocycles. The van der Waals surface area contributed by atoms with Gasteiger partial charge in [-0.1, -0.05) is 19.1 Å². The summed E-state index contributed by atoms with van der Waals surface area (Å²) in [5.41, 5.74) is 6.04. The summed E-state index contributed by atoms with van der Waals surface area (Å²) in [5.74, 6) is -0.900. The lowest BCUT2D eigenvalue weighted by Gasteiger charge is -2.11. The molecule has 1 rings (SSSR count). The van der Waals surface area contributed by atoms with Crippen LogP contribution in [0.4, 0.5) is 5.69 Å². The van der Waals surface area contributed by atoms with E-state index in [0.29, 0.717) is 17.9 Å². The number of anilines is 1. The molecule has 0 bridgehead atoms. The third kappa shape index (κ3) is 5.18. The molecule has 1 aromatic carbocycles. The highest BCUT2D eigenvalue weighted by atomic mass is 32.2. The van der Waals surface area contributed by atoms with E-state index in [2.05, 4.69) is 5.32 Å². The Morgan fingerprint density at radius 2 is 2.05 bits per heavy atom. The highest BCUT2D eigenvalue weighted by molar-refractivity contribution is 7.92. The fourth-order valence-electron chi connectivity index (χ4n) is 1.64. The number of ether oxygens (including phenoxy) is 1. The first-order valence-corrected chi connectivity index (χ1v) is 8.09. The molecule has 0 saturated carbocycles. The van der Waals surface area contributed by atoms with E-state index in [1.165, 1.54) is 7.11 Å².